The minimum absolute atomic E-state index is 0.287. The highest BCUT2D eigenvalue weighted by Crippen LogP contribution is 1.96. The van der Waals surface area contributed by atoms with Crippen molar-refractivity contribution in [1.29, 1.82) is 0 Å². The molecule has 2 amide bonds. The summed E-state index contributed by atoms with van der Waals surface area (Å²) in [4.78, 5) is 24.6. The van der Waals surface area contributed by atoms with E-state index in [-0.39, 0.29) is 6.42 Å². The lowest BCUT2D eigenvalue weighted by atomic mass is 10.2. The number of aliphatic imine (C=N–C) groups is 1. The van der Waals surface area contributed by atoms with Crippen molar-refractivity contribution < 1.29 is 9.59 Å². The van der Waals surface area contributed by atoms with Gasteiger partial charge in [0.25, 0.3) is 5.91 Å². The maximum atomic E-state index is 10.8. The third-order valence-corrected chi connectivity index (χ3v) is 1.50. The second-order valence-electron chi connectivity index (χ2n) is 2.84. The van der Waals surface area contributed by atoms with Gasteiger partial charge in [0.2, 0.25) is 5.91 Å². The lowest BCUT2D eigenvalue weighted by Gasteiger charge is -1.91. The molecule has 0 spiro atoms. The summed E-state index contributed by atoms with van der Waals surface area (Å²) < 4.78 is 0. The Morgan fingerprint density at radius 3 is 2.62 bits per heavy atom. The van der Waals surface area contributed by atoms with Gasteiger partial charge in [-0.3, -0.25) is 9.59 Å². The quantitative estimate of drug-likeness (QED) is 0.380. The van der Waals surface area contributed by atoms with Gasteiger partial charge in [0.15, 0.2) is 0 Å². The summed E-state index contributed by atoms with van der Waals surface area (Å²) >= 11 is 0. The van der Waals surface area contributed by atoms with Crippen LogP contribution in [0.3, 0.4) is 0 Å². The molecule has 0 aromatic carbocycles. The van der Waals surface area contributed by atoms with Gasteiger partial charge >= 0.3 is 0 Å². The minimum Gasteiger partial charge on any atom is -0.369 e. The molecule has 0 aromatic heterocycles. The first-order valence-corrected chi connectivity index (χ1v) is 4.50. The van der Waals surface area contributed by atoms with E-state index in [9.17, 15) is 9.59 Å². The highest BCUT2D eigenvalue weighted by Gasteiger charge is 2.01. The summed E-state index contributed by atoms with van der Waals surface area (Å²) in [5.41, 5.74) is 4.81. The van der Waals surface area contributed by atoms with Crippen LogP contribution in [-0.4, -0.2) is 18.0 Å². The van der Waals surface area contributed by atoms with Crippen molar-refractivity contribution in [3.05, 3.63) is 0 Å². The molecule has 0 unspecified atom stereocenters. The maximum absolute atomic E-state index is 10.8. The number of primary amides is 1. The molecule has 4 nitrogen and oxygen atoms in total. The molecule has 0 bridgehead atoms. The minimum atomic E-state index is -0.629. The van der Waals surface area contributed by atoms with Crippen LogP contribution in [0.25, 0.3) is 0 Å². The van der Waals surface area contributed by atoms with Gasteiger partial charge in [0.1, 0.15) is 6.42 Å². The van der Waals surface area contributed by atoms with Crippen molar-refractivity contribution in [2.24, 2.45) is 10.7 Å². The van der Waals surface area contributed by atoms with Gasteiger partial charge in [-0.25, -0.2) is 4.99 Å². The smallest absolute Gasteiger partial charge is 0.254 e. The van der Waals surface area contributed by atoms with Gasteiger partial charge in [-0.2, -0.15) is 0 Å². The highest BCUT2D eigenvalue weighted by molar-refractivity contribution is 5.99. The van der Waals surface area contributed by atoms with Crippen LogP contribution >= 0.6 is 0 Å². The number of rotatable bonds is 6. The van der Waals surface area contributed by atoms with Gasteiger partial charge in [-0.15, -0.1) is 0 Å². The van der Waals surface area contributed by atoms with Crippen LogP contribution in [0.2, 0.25) is 0 Å². The topological polar surface area (TPSA) is 72.5 Å². The molecule has 13 heavy (non-hydrogen) atoms. The Hall–Kier alpha value is -1.19. The van der Waals surface area contributed by atoms with Crippen molar-refractivity contribution in [2.75, 3.05) is 0 Å². The zero-order chi connectivity index (χ0) is 10.1. The van der Waals surface area contributed by atoms with Crippen LogP contribution < -0.4 is 5.73 Å². The molecule has 0 rings (SSSR count). The zero-order valence-corrected chi connectivity index (χ0v) is 7.95. The Kier molecular flexibility index (Phi) is 6.78. The number of carbonyl (C=O) groups is 2. The lowest BCUT2D eigenvalue weighted by Crippen LogP contribution is -2.14. The van der Waals surface area contributed by atoms with E-state index < -0.39 is 11.8 Å². The molecule has 0 aliphatic rings. The predicted octanol–water partition coefficient (Wildman–Crippen LogP) is 1.04. The van der Waals surface area contributed by atoms with E-state index in [1.165, 1.54) is 0 Å². The highest BCUT2D eigenvalue weighted by atomic mass is 16.2. The third kappa shape index (κ3) is 8.72. The first-order chi connectivity index (χ1) is 6.16. The molecule has 0 aromatic rings. The summed E-state index contributed by atoms with van der Waals surface area (Å²) in [5.74, 6) is -1.08. The fourth-order valence-corrected chi connectivity index (χ4v) is 0.847. The fourth-order valence-electron chi connectivity index (χ4n) is 0.847. The van der Waals surface area contributed by atoms with Crippen molar-refractivity contribution in [2.45, 2.75) is 39.0 Å². The van der Waals surface area contributed by atoms with Crippen LogP contribution in [0.5, 0.6) is 0 Å². The number of hydrogen-bond donors (Lipinski definition) is 1. The summed E-state index contributed by atoms with van der Waals surface area (Å²) in [7, 11) is 0. The van der Waals surface area contributed by atoms with E-state index in [1.54, 1.807) is 6.21 Å². The van der Waals surface area contributed by atoms with Gasteiger partial charge < -0.3 is 5.73 Å². The van der Waals surface area contributed by atoms with E-state index >= 15 is 0 Å². The Labute approximate surface area is 78.2 Å². The molecule has 2 N–H and O–H groups in total. The Morgan fingerprint density at radius 1 is 1.38 bits per heavy atom. The van der Waals surface area contributed by atoms with E-state index in [1.807, 2.05) is 0 Å². The summed E-state index contributed by atoms with van der Waals surface area (Å²) in [6.45, 7) is 2.11. The van der Waals surface area contributed by atoms with E-state index in [0.29, 0.717) is 0 Å². The first kappa shape index (κ1) is 11.8. The van der Waals surface area contributed by atoms with Crippen LogP contribution in [0.1, 0.15) is 39.0 Å². The van der Waals surface area contributed by atoms with Gasteiger partial charge in [-0.1, -0.05) is 19.8 Å². The van der Waals surface area contributed by atoms with Gasteiger partial charge in [0.05, 0.1) is 0 Å². The third-order valence-electron chi connectivity index (χ3n) is 1.50. The molecular weight excluding hydrogens is 168 g/mol. The number of hydrogen-bond acceptors (Lipinski definition) is 2. The molecule has 0 saturated heterocycles. The second-order valence-corrected chi connectivity index (χ2v) is 2.84. The van der Waals surface area contributed by atoms with Crippen LogP contribution in [0.4, 0.5) is 0 Å². The summed E-state index contributed by atoms with van der Waals surface area (Å²) in [5, 5.41) is 0. The van der Waals surface area contributed by atoms with Crippen molar-refractivity contribution in [3.63, 3.8) is 0 Å². The summed E-state index contributed by atoms with van der Waals surface area (Å²) in [6.07, 6.45) is 5.37. The molecular formula is C9H16N2O2. The second kappa shape index (κ2) is 7.46. The molecule has 4 heteroatoms. The Bertz CT molecular complexity index is 200. The predicted molar refractivity (Wildman–Crippen MR) is 51.5 cm³/mol. The van der Waals surface area contributed by atoms with E-state index in [0.717, 1.165) is 25.7 Å². The first-order valence-electron chi connectivity index (χ1n) is 4.50. The molecule has 0 atom stereocenters. The van der Waals surface area contributed by atoms with Gasteiger partial charge in [-0.05, 0) is 12.8 Å². The number of carbonyl (C=O) groups excluding carboxylic acids is 2. The fraction of sp³-hybridized carbons (Fsp3) is 0.667. The maximum Gasteiger partial charge on any atom is 0.254 e. The molecule has 74 valence electrons. The molecule has 0 heterocycles. The molecule has 0 saturated carbocycles. The SMILES string of the molecule is CCCCCC=NC(=O)CC(N)=O. The van der Waals surface area contributed by atoms with Crippen LogP contribution in [0, 0.1) is 0 Å². The lowest BCUT2D eigenvalue weighted by molar-refractivity contribution is -0.125. The van der Waals surface area contributed by atoms with E-state index in [2.05, 4.69) is 11.9 Å². The molecule has 0 aliphatic carbocycles. The Morgan fingerprint density at radius 2 is 2.08 bits per heavy atom. The average Bonchev–Trinajstić information content (AvgIpc) is 2.02. The number of unbranched alkanes of at least 4 members (excludes halogenated alkanes) is 3. The molecule has 0 aliphatic heterocycles. The number of amides is 2. The van der Waals surface area contributed by atoms with Crippen LogP contribution in [0.15, 0.2) is 4.99 Å². The van der Waals surface area contributed by atoms with Crippen molar-refractivity contribution in [1.82, 2.24) is 0 Å². The average molecular weight is 184 g/mol. The Balaban J connectivity index is 3.48. The van der Waals surface area contributed by atoms with Crippen molar-refractivity contribution >= 4 is 18.0 Å². The standard InChI is InChI=1S/C9H16N2O2/c1-2-3-4-5-6-11-9(13)7-8(10)12/h6H,2-5,7H2,1H3,(H2,10,12). The largest absolute Gasteiger partial charge is 0.369 e. The molecule has 0 radical (unpaired) electrons. The normalized spacial score (nSPS) is 10.5. The number of nitrogens with zero attached hydrogens (tertiary/aromatic N) is 1. The molecule has 0 fully saturated rings. The zero-order valence-electron chi connectivity index (χ0n) is 7.95. The summed E-state index contributed by atoms with van der Waals surface area (Å²) in [6, 6.07) is 0. The van der Waals surface area contributed by atoms with Crippen molar-refractivity contribution in [3.8, 4) is 0 Å². The number of nitrogens with two attached hydrogens (primary N) is 1. The van der Waals surface area contributed by atoms with Crippen LogP contribution in [-0.2, 0) is 9.59 Å². The van der Waals surface area contributed by atoms with E-state index in [4.69, 9.17) is 5.73 Å². The monoisotopic (exact) mass is 184 g/mol. The van der Waals surface area contributed by atoms with Gasteiger partial charge in [0, 0.05) is 6.21 Å².